The first-order valence-electron chi connectivity index (χ1n) is 3.39. The van der Waals surface area contributed by atoms with Crippen LogP contribution in [0.1, 0.15) is 5.56 Å². The predicted molar refractivity (Wildman–Crippen MR) is 45.9 cm³/mol. The molecule has 0 aliphatic carbocycles. The van der Waals surface area contributed by atoms with Crippen LogP contribution in [0.5, 0.6) is 0 Å². The lowest BCUT2D eigenvalue weighted by Gasteiger charge is -1.93. The largest absolute Gasteiger partial charge is 0.463 e. The van der Waals surface area contributed by atoms with Gasteiger partial charge < -0.3 is 4.42 Å². The summed E-state index contributed by atoms with van der Waals surface area (Å²) < 4.78 is 5.11. The molecule has 0 unspecified atom stereocenters. The summed E-state index contributed by atoms with van der Waals surface area (Å²) >= 11 is 5.86. The first-order valence-corrected chi connectivity index (χ1v) is 3.76. The maximum atomic E-state index is 8.69. The van der Waals surface area contributed by atoms with Crippen molar-refractivity contribution in [2.45, 2.75) is 0 Å². The molecule has 0 fully saturated rings. The van der Waals surface area contributed by atoms with E-state index < -0.39 is 0 Å². The third-order valence-electron chi connectivity index (χ3n) is 1.68. The van der Waals surface area contributed by atoms with Gasteiger partial charge in [0, 0.05) is 5.39 Å². The molecule has 12 heavy (non-hydrogen) atoms. The highest BCUT2D eigenvalue weighted by Gasteiger charge is 2.06. The summed E-state index contributed by atoms with van der Waals surface area (Å²) in [6.07, 6.45) is 1.53. The van der Waals surface area contributed by atoms with Crippen molar-refractivity contribution in [1.29, 1.82) is 5.26 Å². The SMILES string of the molecule is N#Cc1ccc(Cl)c2ccoc12. The molecule has 1 heterocycles. The highest BCUT2D eigenvalue weighted by molar-refractivity contribution is 6.35. The maximum absolute atomic E-state index is 8.69. The second-order valence-corrected chi connectivity index (χ2v) is 2.78. The smallest absolute Gasteiger partial charge is 0.153 e. The predicted octanol–water partition coefficient (Wildman–Crippen LogP) is 2.96. The van der Waals surface area contributed by atoms with Gasteiger partial charge in [-0.15, -0.1) is 0 Å². The molecule has 0 N–H and O–H groups in total. The highest BCUT2D eigenvalue weighted by atomic mass is 35.5. The van der Waals surface area contributed by atoms with Gasteiger partial charge >= 0.3 is 0 Å². The molecule has 0 aliphatic heterocycles. The zero-order valence-electron chi connectivity index (χ0n) is 6.04. The Labute approximate surface area is 74.0 Å². The van der Waals surface area contributed by atoms with E-state index in [9.17, 15) is 0 Å². The fourth-order valence-corrected chi connectivity index (χ4v) is 1.33. The van der Waals surface area contributed by atoms with Gasteiger partial charge in [0.15, 0.2) is 5.58 Å². The van der Waals surface area contributed by atoms with Crippen LogP contribution < -0.4 is 0 Å². The third-order valence-corrected chi connectivity index (χ3v) is 2.01. The van der Waals surface area contributed by atoms with Crippen LogP contribution >= 0.6 is 11.6 Å². The number of hydrogen-bond acceptors (Lipinski definition) is 2. The lowest BCUT2D eigenvalue weighted by molar-refractivity contribution is 0.615. The molecule has 0 spiro atoms. The van der Waals surface area contributed by atoms with Crippen molar-refractivity contribution in [1.82, 2.24) is 0 Å². The van der Waals surface area contributed by atoms with Crippen molar-refractivity contribution in [3.05, 3.63) is 35.0 Å². The Morgan fingerprint density at radius 3 is 2.92 bits per heavy atom. The van der Waals surface area contributed by atoms with Gasteiger partial charge in [0.2, 0.25) is 0 Å². The van der Waals surface area contributed by atoms with Gasteiger partial charge in [0.25, 0.3) is 0 Å². The normalized spacial score (nSPS) is 10.0. The van der Waals surface area contributed by atoms with E-state index in [0.717, 1.165) is 5.39 Å². The van der Waals surface area contributed by atoms with E-state index in [1.54, 1.807) is 18.2 Å². The van der Waals surface area contributed by atoms with Crippen LogP contribution in [0, 0.1) is 11.3 Å². The standard InChI is InChI=1S/C9H4ClNO/c10-8-2-1-6(5-11)9-7(8)3-4-12-9/h1-4H. The Morgan fingerprint density at radius 2 is 2.17 bits per heavy atom. The minimum Gasteiger partial charge on any atom is -0.463 e. The molecule has 3 heteroatoms. The quantitative estimate of drug-likeness (QED) is 0.620. The van der Waals surface area contributed by atoms with Gasteiger partial charge in [-0.05, 0) is 18.2 Å². The van der Waals surface area contributed by atoms with Crippen molar-refractivity contribution >= 4 is 22.6 Å². The molecule has 0 bridgehead atoms. The van der Waals surface area contributed by atoms with E-state index in [1.165, 1.54) is 6.26 Å². The Balaban J connectivity index is 2.94. The summed E-state index contributed by atoms with van der Waals surface area (Å²) in [7, 11) is 0. The molecular weight excluding hydrogens is 174 g/mol. The van der Waals surface area contributed by atoms with Crippen LogP contribution in [-0.2, 0) is 0 Å². The lowest BCUT2D eigenvalue weighted by atomic mass is 10.2. The molecule has 0 radical (unpaired) electrons. The highest BCUT2D eigenvalue weighted by Crippen LogP contribution is 2.26. The molecule has 0 atom stereocenters. The average Bonchev–Trinajstić information content (AvgIpc) is 2.54. The third kappa shape index (κ3) is 0.876. The maximum Gasteiger partial charge on any atom is 0.153 e. The van der Waals surface area contributed by atoms with Crippen molar-refractivity contribution in [2.24, 2.45) is 0 Å². The molecule has 2 rings (SSSR count). The Kier molecular flexibility index (Phi) is 1.53. The molecule has 58 valence electrons. The number of furan rings is 1. The zero-order chi connectivity index (χ0) is 8.55. The molecule has 1 aromatic carbocycles. The summed E-state index contributed by atoms with van der Waals surface area (Å²) in [6.45, 7) is 0. The van der Waals surface area contributed by atoms with Crippen LogP contribution in [0.4, 0.5) is 0 Å². The van der Waals surface area contributed by atoms with Crippen molar-refractivity contribution in [3.63, 3.8) is 0 Å². The van der Waals surface area contributed by atoms with Gasteiger partial charge in [-0.3, -0.25) is 0 Å². The monoisotopic (exact) mass is 177 g/mol. The second-order valence-electron chi connectivity index (χ2n) is 2.37. The summed E-state index contributed by atoms with van der Waals surface area (Å²) in [6, 6.07) is 7.12. The molecule has 2 nitrogen and oxygen atoms in total. The number of nitrogens with zero attached hydrogens (tertiary/aromatic N) is 1. The molecule has 0 amide bonds. The van der Waals surface area contributed by atoms with Crippen LogP contribution in [0.15, 0.2) is 28.9 Å². The van der Waals surface area contributed by atoms with E-state index in [-0.39, 0.29) is 0 Å². The van der Waals surface area contributed by atoms with Gasteiger partial charge in [0.05, 0.1) is 16.8 Å². The van der Waals surface area contributed by atoms with E-state index >= 15 is 0 Å². The molecule has 0 saturated carbocycles. The van der Waals surface area contributed by atoms with E-state index in [2.05, 4.69) is 0 Å². The number of halogens is 1. The van der Waals surface area contributed by atoms with E-state index in [4.69, 9.17) is 21.3 Å². The van der Waals surface area contributed by atoms with Gasteiger partial charge in [-0.25, -0.2) is 0 Å². The average molecular weight is 178 g/mol. The van der Waals surface area contributed by atoms with Crippen molar-refractivity contribution in [2.75, 3.05) is 0 Å². The van der Waals surface area contributed by atoms with Crippen LogP contribution in [0.3, 0.4) is 0 Å². The van der Waals surface area contributed by atoms with Crippen molar-refractivity contribution in [3.8, 4) is 6.07 Å². The lowest BCUT2D eigenvalue weighted by Crippen LogP contribution is -1.74. The van der Waals surface area contributed by atoms with Crippen LogP contribution in [-0.4, -0.2) is 0 Å². The minimum absolute atomic E-state index is 0.513. The number of hydrogen-bond donors (Lipinski definition) is 0. The Hall–Kier alpha value is -1.46. The second kappa shape index (κ2) is 2.54. The van der Waals surface area contributed by atoms with Crippen LogP contribution in [0.2, 0.25) is 5.02 Å². The fourth-order valence-electron chi connectivity index (χ4n) is 1.12. The first-order chi connectivity index (χ1) is 5.83. The molecular formula is C9H4ClNO. The van der Waals surface area contributed by atoms with Gasteiger partial charge in [-0.2, -0.15) is 5.26 Å². The summed E-state index contributed by atoms with van der Waals surface area (Å²) in [5.74, 6) is 0. The van der Waals surface area contributed by atoms with E-state index in [0.29, 0.717) is 16.2 Å². The van der Waals surface area contributed by atoms with Crippen molar-refractivity contribution < 1.29 is 4.42 Å². The minimum atomic E-state index is 0.513. The van der Waals surface area contributed by atoms with Crippen LogP contribution in [0.25, 0.3) is 11.0 Å². The molecule has 2 aromatic rings. The molecule has 1 aromatic heterocycles. The van der Waals surface area contributed by atoms with Gasteiger partial charge in [-0.1, -0.05) is 11.6 Å². The fraction of sp³-hybridized carbons (Fsp3) is 0. The molecule has 0 saturated heterocycles. The number of rotatable bonds is 0. The first kappa shape index (κ1) is 7.20. The number of benzene rings is 1. The summed E-state index contributed by atoms with van der Waals surface area (Å²) in [4.78, 5) is 0. The van der Waals surface area contributed by atoms with E-state index in [1.807, 2.05) is 6.07 Å². The Morgan fingerprint density at radius 1 is 1.33 bits per heavy atom. The van der Waals surface area contributed by atoms with Gasteiger partial charge in [0.1, 0.15) is 6.07 Å². The summed E-state index contributed by atoms with van der Waals surface area (Å²) in [5.41, 5.74) is 1.07. The number of nitriles is 1. The molecule has 0 aliphatic rings. The summed E-state index contributed by atoms with van der Waals surface area (Å²) in [5, 5.41) is 10.1. The zero-order valence-corrected chi connectivity index (χ0v) is 6.80. The topological polar surface area (TPSA) is 36.9 Å². The number of fused-ring (bicyclic) bond motifs is 1. The Bertz CT molecular complexity index is 467.